The molecule has 1 aliphatic rings. The zero-order chi connectivity index (χ0) is 24.3. The van der Waals surface area contributed by atoms with E-state index in [0.717, 1.165) is 4.90 Å². The number of carbonyl (C=O) groups is 2. The quantitative estimate of drug-likeness (QED) is 0.496. The molecule has 0 saturated carbocycles. The molecule has 0 aliphatic carbocycles. The minimum atomic E-state index is -0.870. The van der Waals surface area contributed by atoms with Gasteiger partial charge in [0.15, 0.2) is 0 Å². The highest BCUT2D eigenvalue weighted by Gasteiger charge is 2.44. The Bertz CT molecular complexity index is 819. The highest BCUT2D eigenvalue weighted by atomic mass is 16.6. The van der Waals surface area contributed by atoms with Crippen LogP contribution in [0.1, 0.15) is 48.0 Å². The monoisotopic (exact) mass is 452 g/mol. The van der Waals surface area contributed by atoms with E-state index in [4.69, 9.17) is 14.2 Å². The van der Waals surface area contributed by atoms with Crippen LogP contribution in [0.4, 0.5) is 21.0 Å². The largest absolute Gasteiger partial charge is 0.443 e. The number of ether oxygens (including phenoxy) is 3. The lowest BCUT2D eigenvalue weighted by Gasteiger charge is -2.43. The number of hydrogen-bond donors (Lipinski definition) is 0. The summed E-state index contributed by atoms with van der Waals surface area (Å²) < 4.78 is 16.5. The topological polar surface area (TPSA) is 124 Å². The number of methoxy groups -OCH3 is 1. The summed E-state index contributed by atoms with van der Waals surface area (Å²) in [6, 6.07) is 0.736. The van der Waals surface area contributed by atoms with Crippen LogP contribution < -0.4 is 4.90 Å². The number of nitrogens with zero attached hydrogens (tertiary/aromatic N) is 4. The second kappa shape index (κ2) is 9.68. The standard InChI is InChI=1S/C21H32N4O7/c1-20(2,3)31-18(26)24(19(27)32-21(4,5)6)16-13-23(11-9-17(16)30-7)14-8-10-22-12-15(14)25(28)29/h8,10,12,16-17H,9,11,13H2,1-7H3. The summed E-state index contributed by atoms with van der Waals surface area (Å²) in [6.07, 6.45) is 0.802. The Labute approximate surface area is 187 Å². The van der Waals surface area contributed by atoms with E-state index < -0.39 is 40.5 Å². The highest BCUT2D eigenvalue weighted by molar-refractivity contribution is 5.89. The van der Waals surface area contributed by atoms with E-state index in [1.807, 2.05) is 0 Å². The highest BCUT2D eigenvalue weighted by Crippen LogP contribution is 2.32. The summed E-state index contributed by atoms with van der Waals surface area (Å²) in [5.41, 5.74) is -1.52. The number of imide groups is 1. The molecule has 32 heavy (non-hydrogen) atoms. The smallest absolute Gasteiger partial charge is 0.420 e. The molecule has 2 heterocycles. The lowest BCUT2D eigenvalue weighted by atomic mass is 10.00. The van der Waals surface area contributed by atoms with E-state index in [2.05, 4.69) is 4.98 Å². The second-order valence-electron chi connectivity index (χ2n) is 9.53. The predicted molar refractivity (Wildman–Crippen MR) is 117 cm³/mol. The molecule has 2 amide bonds. The first-order chi connectivity index (χ1) is 14.7. The number of nitro groups is 1. The molecule has 1 aromatic rings. The molecule has 178 valence electrons. The fraction of sp³-hybridized carbons (Fsp3) is 0.667. The van der Waals surface area contributed by atoms with Crippen LogP contribution in [-0.4, -0.2) is 70.5 Å². The molecule has 1 aliphatic heterocycles. The zero-order valence-electron chi connectivity index (χ0n) is 19.7. The first-order valence-corrected chi connectivity index (χ1v) is 10.3. The molecule has 1 saturated heterocycles. The minimum Gasteiger partial charge on any atom is -0.443 e. The summed E-state index contributed by atoms with van der Waals surface area (Å²) in [4.78, 5) is 43.6. The first-order valence-electron chi connectivity index (χ1n) is 10.3. The number of pyridine rings is 1. The van der Waals surface area contributed by atoms with Crippen molar-refractivity contribution < 1.29 is 28.7 Å². The van der Waals surface area contributed by atoms with Gasteiger partial charge in [0, 0.05) is 26.4 Å². The van der Waals surface area contributed by atoms with Gasteiger partial charge in [0.05, 0.1) is 17.1 Å². The molecule has 2 rings (SSSR count). The first kappa shape index (κ1) is 25.3. The summed E-state index contributed by atoms with van der Waals surface area (Å²) in [5.74, 6) is 0. The molecule has 1 fully saturated rings. The number of hydrogen-bond acceptors (Lipinski definition) is 9. The molecule has 0 aromatic carbocycles. The zero-order valence-corrected chi connectivity index (χ0v) is 19.7. The fourth-order valence-electron chi connectivity index (χ4n) is 3.41. The number of rotatable bonds is 4. The predicted octanol–water partition coefficient (Wildman–Crippen LogP) is 3.76. The SMILES string of the molecule is COC1CCN(c2ccncc2[N+](=O)[O-])CC1N(C(=O)OC(C)(C)C)C(=O)OC(C)(C)C. The Hall–Kier alpha value is -2.95. The molecule has 0 radical (unpaired) electrons. The molecule has 0 N–H and O–H groups in total. The molecule has 1 aromatic heterocycles. The van der Waals surface area contributed by atoms with Crippen molar-refractivity contribution in [1.29, 1.82) is 0 Å². The molecule has 2 atom stereocenters. The van der Waals surface area contributed by atoms with E-state index in [9.17, 15) is 19.7 Å². The van der Waals surface area contributed by atoms with Gasteiger partial charge in [0.25, 0.3) is 0 Å². The van der Waals surface area contributed by atoms with E-state index in [1.54, 1.807) is 46.4 Å². The fourth-order valence-corrected chi connectivity index (χ4v) is 3.41. The number of piperidine rings is 1. The Morgan fingerprint density at radius 3 is 2.19 bits per heavy atom. The lowest BCUT2D eigenvalue weighted by molar-refractivity contribution is -0.384. The van der Waals surface area contributed by atoms with Crippen LogP contribution in [-0.2, 0) is 14.2 Å². The summed E-state index contributed by atoms with van der Waals surface area (Å²) in [6.45, 7) is 10.7. The van der Waals surface area contributed by atoms with Crippen LogP contribution in [0.2, 0.25) is 0 Å². The van der Waals surface area contributed by atoms with E-state index in [-0.39, 0.29) is 12.2 Å². The van der Waals surface area contributed by atoms with Crippen molar-refractivity contribution >= 4 is 23.6 Å². The van der Waals surface area contributed by atoms with Crippen molar-refractivity contribution in [1.82, 2.24) is 9.88 Å². The number of anilines is 1. The van der Waals surface area contributed by atoms with Crippen LogP contribution in [0.25, 0.3) is 0 Å². The molecular weight excluding hydrogens is 420 g/mol. The Morgan fingerprint density at radius 2 is 1.72 bits per heavy atom. The van der Waals surface area contributed by atoms with Crippen molar-refractivity contribution in [3.05, 3.63) is 28.6 Å². The average molecular weight is 453 g/mol. The van der Waals surface area contributed by atoms with Crippen LogP contribution in [0, 0.1) is 10.1 Å². The molecule has 11 heteroatoms. The van der Waals surface area contributed by atoms with Crippen molar-refractivity contribution in [2.75, 3.05) is 25.1 Å². The molecule has 0 spiro atoms. The van der Waals surface area contributed by atoms with Crippen LogP contribution in [0.15, 0.2) is 18.5 Å². The van der Waals surface area contributed by atoms with E-state index in [0.29, 0.717) is 18.7 Å². The van der Waals surface area contributed by atoms with Crippen molar-refractivity contribution in [2.45, 2.75) is 71.3 Å². The van der Waals surface area contributed by atoms with E-state index in [1.165, 1.54) is 25.6 Å². The average Bonchev–Trinajstić information content (AvgIpc) is 2.65. The molecule has 2 unspecified atom stereocenters. The van der Waals surface area contributed by atoms with Gasteiger partial charge in [-0.2, -0.15) is 0 Å². The summed E-state index contributed by atoms with van der Waals surface area (Å²) in [5, 5.41) is 11.5. The number of carbonyl (C=O) groups excluding carboxylic acids is 2. The van der Waals surface area contributed by atoms with Gasteiger partial charge in [0.1, 0.15) is 23.1 Å². The third-order valence-corrected chi connectivity index (χ3v) is 4.65. The van der Waals surface area contributed by atoms with Gasteiger partial charge in [-0.25, -0.2) is 14.5 Å². The van der Waals surface area contributed by atoms with Crippen LogP contribution in [0.3, 0.4) is 0 Å². The van der Waals surface area contributed by atoms with Gasteiger partial charge in [-0.15, -0.1) is 0 Å². The molecule has 0 bridgehead atoms. The third kappa shape index (κ3) is 6.52. The van der Waals surface area contributed by atoms with Gasteiger partial charge in [0.2, 0.25) is 0 Å². The Kier molecular flexibility index (Phi) is 7.66. The normalized spacial score (nSPS) is 19.3. The minimum absolute atomic E-state index is 0.0991. The van der Waals surface area contributed by atoms with Gasteiger partial charge in [-0.3, -0.25) is 15.1 Å². The van der Waals surface area contributed by atoms with Gasteiger partial charge in [-0.1, -0.05) is 0 Å². The third-order valence-electron chi connectivity index (χ3n) is 4.65. The second-order valence-corrected chi connectivity index (χ2v) is 9.53. The van der Waals surface area contributed by atoms with Gasteiger partial charge in [-0.05, 0) is 54.0 Å². The van der Waals surface area contributed by atoms with Crippen LogP contribution in [0.5, 0.6) is 0 Å². The Balaban J connectivity index is 2.45. The van der Waals surface area contributed by atoms with Crippen LogP contribution >= 0.6 is 0 Å². The lowest BCUT2D eigenvalue weighted by Crippen LogP contribution is -2.60. The van der Waals surface area contributed by atoms with E-state index >= 15 is 0 Å². The van der Waals surface area contributed by atoms with Crippen molar-refractivity contribution in [3.8, 4) is 0 Å². The number of amides is 2. The van der Waals surface area contributed by atoms with Crippen molar-refractivity contribution in [3.63, 3.8) is 0 Å². The maximum atomic E-state index is 13.1. The molecular formula is C21H32N4O7. The maximum Gasteiger partial charge on any atom is 0.420 e. The summed E-state index contributed by atoms with van der Waals surface area (Å²) >= 11 is 0. The number of aromatic nitrogens is 1. The van der Waals surface area contributed by atoms with Crippen molar-refractivity contribution in [2.24, 2.45) is 0 Å². The maximum absolute atomic E-state index is 13.1. The molecule has 11 nitrogen and oxygen atoms in total. The summed E-state index contributed by atoms with van der Waals surface area (Å²) in [7, 11) is 1.49. The Morgan fingerprint density at radius 1 is 1.16 bits per heavy atom. The van der Waals surface area contributed by atoms with Gasteiger partial charge >= 0.3 is 17.9 Å². The van der Waals surface area contributed by atoms with Gasteiger partial charge < -0.3 is 19.1 Å².